The summed E-state index contributed by atoms with van der Waals surface area (Å²) in [6, 6.07) is 10.3. The molecule has 2 amide bonds. The molecule has 0 aliphatic rings. The molecule has 0 aliphatic carbocycles. The summed E-state index contributed by atoms with van der Waals surface area (Å²) in [4.78, 5) is 45.8. The lowest BCUT2D eigenvalue weighted by atomic mass is 10.1. The molecule has 2 rings (SSSR count). The first-order chi connectivity index (χ1) is 13.2. The van der Waals surface area contributed by atoms with Crippen LogP contribution in [0.5, 0.6) is 0 Å². The zero-order chi connectivity index (χ0) is 20.8. The number of hydrogen-bond donors (Lipinski definition) is 2. The highest BCUT2D eigenvalue weighted by atomic mass is 16.6. The molecule has 0 spiro atoms. The van der Waals surface area contributed by atoms with Crippen molar-refractivity contribution >= 4 is 34.8 Å². The van der Waals surface area contributed by atoms with Crippen molar-refractivity contribution in [2.45, 2.75) is 26.9 Å². The van der Waals surface area contributed by atoms with E-state index in [1.807, 2.05) is 0 Å². The summed E-state index contributed by atoms with van der Waals surface area (Å²) in [5.41, 5.74) is 1.22. The second kappa shape index (κ2) is 8.76. The van der Waals surface area contributed by atoms with Crippen LogP contribution in [0.15, 0.2) is 42.5 Å². The van der Waals surface area contributed by atoms with E-state index in [1.165, 1.54) is 26.0 Å². The number of rotatable bonds is 6. The Morgan fingerprint density at radius 1 is 1.04 bits per heavy atom. The molecule has 0 unspecified atom stereocenters. The molecule has 0 heterocycles. The van der Waals surface area contributed by atoms with Crippen LogP contribution in [0.4, 0.5) is 17.1 Å². The number of benzene rings is 2. The van der Waals surface area contributed by atoms with E-state index >= 15 is 0 Å². The first-order valence-corrected chi connectivity index (χ1v) is 8.32. The van der Waals surface area contributed by atoms with Crippen molar-refractivity contribution in [2.24, 2.45) is 0 Å². The smallest absolute Gasteiger partial charge is 0.339 e. The lowest BCUT2D eigenvalue weighted by Gasteiger charge is -2.14. The van der Waals surface area contributed by atoms with Crippen LogP contribution in [0.25, 0.3) is 0 Å². The fourth-order valence-electron chi connectivity index (χ4n) is 2.30. The number of nitro groups is 1. The quantitative estimate of drug-likeness (QED) is 0.447. The summed E-state index contributed by atoms with van der Waals surface area (Å²) >= 11 is 0. The molecular weight excluding hydrogens is 366 g/mol. The second-order valence-electron chi connectivity index (χ2n) is 6.05. The maximum absolute atomic E-state index is 12.2. The van der Waals surface area contributed by atoms with Crippen LogP contribution in [-0.2, 0) is 14.3 Å². The van der Waals surface area contributed by atoms with E-state index in [0.717, 1.165) is 6.07 Å². The fourth-order valence-corrected chi connectivity index (χ4v) is 2.30. The molecule has 0 aliphatic heterocycles. The van der Waals surface area contributed by atoms with Gasteiger partial charge in [0.1, 0.15) is 0 Å². The number of hydrogen-bond acceptors (Lipinski definition) is 6. The number of anilines is 2. The van der Waals surface area contributed by atoms with Gasteiger partial charge in [-0.3, -0.25) is 19.7 Å². The van der Waals surface area contributed by atoms with E-state index < -0.39 is 22.9 Å². The minimum absolute atomic E-state index is 0.0170. The minimum atomic E-state index is -1.12. The molecule has 9 heteroatoms. The largest absolute Gasteiger partial charge is 0.449 e. The van der Waals surface area contributed by atoms with Gasteiger partial charge in [0, 0.05) is 29.9 Å². The molecule has 2 N–H and O–H groups in total. The first-order valence-electron chi connectivity index (χ1n) is 8.32. The third-order valence-electron chi connectivity index (χ3n) is 3.77. The molecule has 2 aromatic carbocycles. The highest BCUT2D eigenvalue weighted by molar-refractivity contribution is 5.98. The summed E-state index contributed by atoms with van der Waals surface area (Å²) in [5, 5.41) is 16.2. The van der Waals surface area contributed by atoms with Crippen molar-refractivity contribution in [1.82, 2.24) is 0 Å². The van der Waals surface area contributed by atoms with Crippen molar-refractivity contribution in [3.05, 3.63) is 63.7 Å². The van der Waals surface area contributed by atoms with Crippen molar-refractivity contribution in [3.63, 3.8) is 0 Å². The van der Waals surface area contributed by atoms with E-state index in [0.29, 0.717) is 16.9 Å². The van der Waals surface area contributed by atoms with Crippen LogP contribution in [0.3, 0.4) is 0 Å². The normalized spacial score (nSPS) is 11.2. The third-order valence-corrected chi connectivity index (χ3v) is 3.77. The maximum atomic E-state index is 12.2. The molecule has 1 atom stereocenters. The number of nitrogens with one attached hydrogen (secondary N) is 2. The monoisotopic (exact) mass is 385 g/mol. The van der Waals surface area contributed by atoms with Crippen LogP contribution in [0, 0.1) is 17.0 Å². The van der Waals surface area contributed by atoms with E-state index in [-0.39, 0.29) is 17.2 Å². The van der Waals surface area contributed by atoms with Crippen molar-refractivity contribution in [3.8, 4) is 0 Å². The Hall–Kier alpha value is -3.75. The predicted molar refractivity (Wildman–Crippen MR) is 102 cm³/mol. The third kappa shape index (κ3) is 5.37. The van der Waals surface area contributed by atoms with Gasteiger partial charge in [-0.2, -0.15) is 0 Å². The summed E-state index contributed by atoms with van der Waals surface area (Å²) in [5.74, 6) is -1.62. The number of amides is 2. The van der Waals surface area contributed by atoms with Gasteiger partial charge in [0.05, 0.1) is 10.5 Å². The summed E-state index contributed by atoms with van der Waals surface area (Å²) < 4.78 is 5.09. The van der Waals surface area contributed by atoms with Crippen LogP contribution in [-0.4, -0.2) is 28.8 Å². The summed E-state index contributed by atoms with van der Waals surface area (Å²) in [6.45, 7) is 4.33. The lowest BCUT2D eigenvalue weighted by Crippen LogP contribution is -2.30. The highest BCUT2D eigenvalue weighted by Gasteiger charge is 2.21. The number of nitro benzene ring substituents is 1. The Morgan fingerprint density at radius 3 is 2.14 bits per heavy atom. The Kier molecular flexibility index (Phi) is 6.43. The second-order valence-corrected chi connectivity index (χ2v) is 6.05. The number of aryl methyl sites for hydroxylation is 1. The van der Waals surface area contributed by atoms with Gasteiger partial charge in [0.15, 0.2) is 6.10 Å². The van der Waals surface area contributed by atoms with Gasteiger partial charge in [-0.15, -0.1) is 0 Å². The zero-order valence-electron chi connectivity index (χ0n) is 15.5. The molecule has 0 aromatic heterocycles. The Morgan fingerprint density at radius 2 is 1.61 bits per heavy atom. The molecule has 2 aromatic rings. The molecule has 0 saturated carbocycles. The average molecular weight is 385 g/mol. The molecule has 0 radical (unpaired) electrons. The number of nitrogens with zero attached hydrogens (tertiary/aromatic N) is 1. The molecule has 0 fully saturated rings. The van der Waals surface area contributed by atoms with Gasteiger partial charge >= 0.3 is 5.97 Å². The first kappa shape index (κ1) is 20.6. The standard InChI is InChI=1S/C19H19N3O6/c1-11-4-5-14(10-17(11)22(26)27)19(25)28-12(2)18(24)21-16-8-6-15(7-9-16)20-13(3)23/h4-10,12H,1-3H3,(H,20,23)(H,21,24)/t12-/m0/s1. The average Bonchev–Trinajstić information content (AvgIpc) is 2.62. The number of esters is 1. The number of carbonyl (C=O) groups is 3. The van der Waals surface area contributed by atoms with Crippen molar-refractivity contribution < 1.29 is 24.0 Å². The van der Waals surface area contributed by atoms with Crippen LogP contribution < -0.4 is 10.6 Å². The minimum Gasteiger partial charge on any atom is -0.449 e. The Balaban J connectivity index is 2.00. The van der Waals surface area contributed by atoms with Crippen LogP contribution in [0.1, 0.15) is 29.8 Å². The number of carbonyl (C=O) groups excluding carboxylic acids is 3. The topological polar surface area (TPSA) is 128 Å². The molecule has 146 valence electrons. The van der Waals surface area contributed by atoms with Gasteiger partial charge in [0.25, 0.3) is 11.6 Å². The van der Waals surface area contributed by atoms with Crippen molar-refractivity contribution in [2.75, 3.05) is 10.6 Å². The van der Waals surface area contributed by atoms with Crippen LogP contribution >= 0.6 is 0 Å². The molecule has 0 saturated heterocycles. The molecule has 9 nitrogen and oxygen atoms in total. The maximum Gasteiger partial charge on any atom is 0.339 e. The predicted octanol–water partition coefficient (Wildman–Crippen LogP) is 3.05. The summed E-state index contributed by atoms with van der Waals surface area (Å²) in [6.07, 6.45) is -1.12. The van der Waals surface area contributed by atoms with Gasteiger partial charge in [0.2, 0.25) is 5.91 Å². The van der Waals surface area contributed by atoms with E-state index in [4.69, 9.17) is 4.74 Å². The van der Waals surface area contributed by atoms with Gasteiger partial charge < -0.3 is 15.4 Å². The van der Waals surface area contributed by atoms with Gasteiger partial charge in [-0.05, 0) is 44.2 Å². The SMILES string of the molecule is CC(=O)Nc1ccc(NC(=O)[C@H](C)OC(=O)c2ccc(C)c([N+](=O)[O-])c2)cc1. The Labute approximate surface area is 160 Å². The van der Waals surface area contributed by atoms with E-state index in [9.17, 15) is 24.5 Å². The highest BCUT2D eigenvalue weighted by Crippen LogP contribution is 2.20. The molecular formula is C19H19N3O6. The van der Waals surface area contributed by atoms with Crippen LogP contribution in [0.2, 0.25) is 0 Å². The fraction of sp³-hybridized carbons (Fsp3) is 0.211. The molecule has 0 bridgehead atoms. The van der Waals surface area contributed by atoms with Gasteiger partial charge in [-0.25, -0.2) is 4.79 Å². The summed E-state index contributed by atoms with van der Waals surface area (Å²) in [7, 11) is 0. The van der Waals surface area contributed by atoms with Crippen molar-refractivity contribution in [1.29, 1.82) is 0 Å². The molecule has 28 heavy (non-hydrogen) atoms. The zero-order valence-corrected chi connectivity index (χ0v) is 15.5. The Bertz CT molecular complexity index is 924. The van der Waals surface area contributed by atoms with E-state index in [1.54, 1.807) is 31.2 Å². The van der Waals surface area contributed by atoms with Gasteiger partial charge in [-0.1, -0.05) is 6.07 Å². The van der Waals surface area contributed by atoms with E-state index in [2.05, 4.69) is 10.6 Å². The lowest BCUT2D eigenvalue weighted by molar-refractivity contribution is -0.385. The number of ether oxygens (including phenoxy) is 1.